The number of ether oxygens (including phenoxy) is 1. The lowest BCUT2D eigenvalue weighted by atomic mass is 9.89. The Bertz CT molecular complexity index is 890. The van der Waals surface area contributed by atoms with Gasteiger partial charge in [0.15, 0.2) is 0 Å². The normalized spacial score (nSPS) is 20.7. The molecule has 182 valence electrons. The Morgan fingerprint density at radius 1 is 1.12 bits per heavy atom. The number of rotatable bonds is 7. The van der Waals surface area contributed by atoms with E-state index >= 15 is 0 Å². The molecule has 1 saturated heterocycles. The number of hydrogen-bond donors (Lipinski definition) is 3. The molecule has 0 radical (unpaired) electrons. The van der Waals surface area contributed by atoms with Gasteiger partial charge in [0.1, 0.15) is 5.82 Å². The number of halogens is 2. The predicted molar refractivity (Wildman–Crippen MR) is 132 cm³/mol. The highest BCUT2D eigenvalue weighted by Gasteiger charge is 2.26. The highest BCUT2D eigenvalue weighted by atomic mass is 35.5. The molecule has 1 aliphatic carbocycles. The van der Waals surface area contributed by atoms with Crippen LogP contribution in [0.5, 0.6) is 5.88 Å². The largest absolute Gasteiger partial charge is 0.481 e. The van der Waals surface area contributed by atoms with Gasteiger partial charge in [0, 0.05) is 48.8 Å². The van der Waals surface area contributed by atoms with Gasteiger partial charge in [-0.3, -0.25) is 4.79 Å². The highest BCUT2D eigenvalue weighted by molar-refractivity contribution is 5.85. The first-order valence-corrected chi connectivity index (χ1v) is 10.9. The second-order valence-corrected chi connectivity index (χ2v) is 8.27. The minimum atomic E-state index is -0.200. The van der Waals surface area contributed by atoms with Crippen molar-refractivity contribution in [1.82, 2.24) is 19.9 Å². The Balaban J connectivity index is 0.00000193. The molecule has 0 aromatic carbocycles. The molecule has 1 aliphatic heterocycles. The molecule has 9 nitrogen and oxygen atoms in total. The van der Waals surface area contributed by atoms with Crippen LogP contribution in [0.3, 0.4) is 0 Å². The molecule has 0 bridgehead atoms. The van der Waals surface area contributed by atoms with E-state index in [1.54, 1.807) is 19.4 Å². The Morgan fingerprint density at radius 3 is 2.52 bits per heavy atom. The van der Waals surface area contributed by atoms with Crippen molar-refractivity contribution < 1.29 is 14.6 Å². The van der Waals surface area contributed by atoms with E-state index in [1.165, 1.54) is 0 Å². The van der Waals surface area contributed by atoms with E-state index in [2.05, 4.69) is 20.6 Å². The Labute approximate surface area is 206 Å². The summed E-state index contributed by atoms with van der Waals surface area (Å²) in [7, 11) is 1.58. The van der Waals surface area contributed by atoms with Gasteiger partial charge in [-0.2, -0.15) is 4.98 Å². The van der Waals surface area contributed by atoms with Crippen LogP contribution in [0.4, 0.5) is 17.5 Å². The van der Waals surface area contributed by atoms with E-state index in [1.807, 2.05) is 17.2 Å². The molecule has 2 aliphatic rings. The number of aliphatic hydroxyl groups excluding tert-OH is 1. The molecule has 0 atom stereocenters. The third-order valence-electron chi connectivity index (χ3n) is 6.17. The maximum absolute atomic E-state index is 11.1. The third kappa shape index (κ3) is 7.06. The zero-order valence-electron chi connectivity index (χ0n) is 18.6. The lowest BCUT2D eigenvalue weighted by Crippen LogP contribution is -2.33. The smallest absolute Gasteiger partial charge is 0.229 e. The number of anilines is 3. The Morgan fingerprint density at radius 2 is 1.85 bits per heavy atom. The minimum Gasteiger partial charge on any atom is -0.481 e. The molecular formula is C22H32Cl2N6O3. The van der Waals surface area contributed by atoms with Crippen LogP contribution >= 0.6 is 24.8 Å². The molecule has 4 rings (SSSR count). The summed E-state index contributed by atoms with van der Waals surface area (Å²) in [4.78, 5) is 26.4. The predicted octanol–water partition coefficient (Wildman–Crippen LogP) is 3.52. The summed E-state index contributed by atoms with van der Waals surface area (Å²) < 4.78 is 5.19. The lowest BCUT2D eigenvalue weighted by Gasteiger charge is -2.32. The van der Waals surface area contributed by atoms with Gasteiger partial charge in [0.2, 0.25) is 18.2 Å². The fourth-order valence-corrected chi connectivity index (χ4v) is 4.32. The SMILES string of the molecule is COc1cc(Nc2ncc(C3CCN(C=O)CC3)c(NC3CCC(O)CC3)n2)ccn1.Cl.Cl. The van der Waals surface area contributed by atoms with Gasteiger partial charge in [0.05, 0.1) is 13.2 Å². The second kappa shape index (κ2) is 12.8. The fourth-order valence-electron chi connectivity index (χ4n) is 4.32. The molecule has 2 aromatic heterocycles. The number of aliphatic hydroxyl groups is 1. The summed E-state index contributed by atoms with van der Waals surface area (Å²) in [6, 6.07) is 3.91. The molecule has 3 N–H and O–H groups in total. The zero-order chi connectivity index (χ0) is 21.6. The number of carbonyl (C=O) groups is 1. The summed E-state index contributed by atoms with van der Waals surface area (Å²) in [5, 5.41) is 16.7. The fraction of sp³-hybridized carbons (Fsp3) is 0.545. The first-order chi connectivity index (χ1) is 15.1. The molecular weight excluding hydrogens is 467 g/mol. The van der Waals surface area contributed by atoms with Crippen LogP contribution in [-0.2, 0) is 4.79 Å². The van der Waals surface area contributed by atoms with Gasteiger partial charge in [-0.15, -0.1) is 24.8 Å². The van der Waals surface area contributed by atoms with E-state index in [4.69, 9.17) is 9.72 Å². The zero-order valence-corrected chi connectivity index (χ0v) is 20.3. The molecule has 0 unspecified atom stereocenters. The van der Waals surface area contributed by atoms with Crippen molar-refractivity contribution in [3.63, 3.8) is 0 Å². The van der Waals surface area contributed by atoms with Crippen LogP contribution in [-0.4, -0.2) is 63.7 Å². The van der Waals surface area contributed by atoms with Crippen LogP contribution < -0.4 is 15.4 Å². The van der Waals surface area contributed by atoms with Crippen LogP contribution in [0.15, 0.2) is 24.5 Å². The number of amides is 1. The summed E-state index contributed by atoms with van der Waals surface area (Å²) in [5.74, 6) is 2.16. The number of hydrogen-bond acceptors (Lipinski definition) is 8. The van der Waals surface area contributed by atoms with Crippen LogP contribution in [0.2, 0.25) is 0 Å². The average Bonchev–Trinajstić information content (AvgIpc) is 2.81. The van der Waals surface area contributed by atoms with Crippen LogP contribution in [0.1, 0.15) is 50.0 Å². The summed E-state index contributed by atoms with van der Waals surface area (Å²) >= 11 is 0. The maximum Gasteiger partial charge on any atom is 0.229 e. The first-order valence-electron chi connectivity index (χ1n) is 10.9. The number of aromatic nitrogens is 3. The topological polar surface area (TPSA) is 112 Å². The van der Waals surface area contributed by atoms with Crippen molar-refractivity contribution >= 4 is 48.7 Å². The van der Waals surface area contributed by atoms with E-state index in [0.29, 0.717) is 17.7 Å². The number of pyridine rings is 1. The number of nitrogens with zero attached hydrogens (tertiary/aromatic N) is 4. The van der Waals surface area contributed by atoms with E-state index in [0.717, 1.165) is 75.1 Å². The van der Waals surface area contributed by atoms with Gasteiger partial charge in [-0.1, -0.05) is 0 Å². The number of carbonyl (C=O) groups excluding carboxylic acids is 1. The van der Waals surface area contributed by atoms with Gasteiger partial charge in [-0.25, -0.2) is 9.97 Å². The molecule has 1 saturated carbocycles. The maximum atomic E-state index is 11.1. The second-order valence-electron chi connectivity index (χ2n) is 8.27. The third-order valence-corrected chi connectivity index (χ3v) is 6.17. The molecule has 0 spiro atoms. The summed E-state index contributed by atoms with van der Waals surface area (Å²) in [6.45, 7) is 1.50. The number of likely N-dealkylation sites (tertiary alicyclic amines) is 1. The molecule has 1 amide bonds. The van der Waals surface area contributed by atoms with Crippen molar-refractivity contribution in [2.45, 2.75) is 56.6 Å². The lowest BCUT2D eigenvalue weighted by molar-refractivity contribution is -0.119. The van der Waals surface area contributed by atoms with Crippen LogP contribution in [0, 0.1) is 0 Å². The molecule has 2 aromatic rings. The number of nitrogens with one attached hydrogen (secondary N) is 2. The summed E-state index contributed by atoms with van der Waals surface area (Å²) in [6.07, 6.45) is 9.53. The minimum absolute atomic E-state index is 0. The quantitative estimate of drug-likeness (QED) is 0.497. The Kier molecular flexibility index (Phi) is 10.4. The molecule has 33 heavy (non-hydrogen) atoms. The van der Waals surface area contributed by atoms with Crippen molar-refractivity contribution in [3.8, 4) is 5.88 Å². The molecule has 2 fully saturated rings. The standard InChI is InChI=1S/C22H30N6O3.2ClH/c1-31-20-12-17(6-9-23-20)26-22-24-13-19(15-7-10-28(14-29)11-8-15)21(27-22)25-16-2-4-18(30)5-3-16;;/h6,9,12-16,18,30H,2-5,7-8,10-11H2,1H3,(H2,23,24,25,26,27);2*1H. The highest BCUT2D eigenvalue weighted by Crippen LogP contribution is 2.34. The summed E-state index contributed by atoms with van der Waals surface area (Å²) in [5.41, 5.74) is 1.89. The van der Waals surface area contributed by atoms with Gasteiger partial charge in [0.25, 0.3) is 0 Å². The van der Waals surface area contributed by atoms with Crippen molar-refractivity contribution in [1.29, 1.82) is 0 Å². The van der Waals surface area contributed by atoms with E-state index < -0.39 is 0 Å². The monoisotopic (exact) mass is 498 g/mol. The Hall–Kier alpha value is -2.36. The van der Waals surface area contributed by atoms with Crippen molar-refractivity contribution in [3.05, 3.63) is 30.1 Å². The molecule has 3 heterocycles. The molecule has 11 heteroatoms. The van der Waals surface area contributed by atoms with E-state index in [9.17, 15) is 9.90 Å². The van der Waals surface area contributed by atoms with E-state index in [-0.39, 0.29) is 37.0 Å². The number of piperidine rings is 1. The number of methoxy groups -OCH3 is 1. The van der Waals surface area contributed by atoms with Crippen molar-refractivity contribution in [2.75, 3.05) is 30.8 Å². The van der Waals surface area contributed by atoms with Gasteiger partial charge >= 0.3 is 0 Å². The average molecular weight is 499 g/mol. The van der Waals surface area contributed by atoms with Crippen LogP contribution in [0.25, 0.3) is 0 Å². The van der Waals surface area contributed by atoms with Gasteiger partial charge in [-0.05, 0) is 50.5 Å². The first kappa shape index (κ1) is 26.9. The van der Waals surface area contributed by atoms with Gasteiger partial charge < -0.3 is 25.4 Å². The van der Waals surface area contributed by atoms with Crippen molar-refractivity contribution in [2.24, 2.45) is 0 Å².